The van der Waals surface area contributed by atoms with E-state index in [0.717, 1.165) is 16.5 Å². The lowest BCUT2D eigenvalue weighted by molar-refractivity contribution is 0.476. The Hall–Kier alpha value is -1.32. The normalized spacial score (nSPS) is 10.7. The van der Waals surface area contributed by atoms with E-state index in [-0.39, 0.29) is 5.75 Å². The van der Waals surface area contributed by atoms with E-state index in [1.807, 2.05) is 0 Å². The molecule has 14 heavy (non-hydrogen) atoms. The van der Waals surface area contributed by atoms with Gasteiger partial charge in [-0.15, -0.1) is 0 Å². The molecule has 4 heteroatoms. The van der Waals surface area contributed by atoms with E-state index in [4.69, 9.17) is 17.3 Å². The number of phenols is 1. The fourth-order valence-electron chi connectivity index (χ4n) is 1.42. The van der Waals surface area contributed by atoms with Gasteiger partial charge in [0, 0.05) is 11.9 Å². The number of hydrogen-bond acceptors (Lipinski definition) is 3. The van der Waals surface area contributed by atoms with Gasteiger partial charge in [-0.05, 0) is 29.8 Å². The van der Waals surface area contributed by atoms with Crippen LogP contribution in [0.4, 0.5) is 0 Å². The first-order chi connectivity index (χ1) is 6.70. The highest BCUT2D eigenvalue weighted by molar-refractivity contribution is 6.29. The zero-order valence-electron chi connectivity index (χ0n) is 7.37. The van der Waals surface area contributed by atoms with Gasteiger partial charge < -0.3 is 10.8 Å². The maximum Gasteiger partial charge on any atom is 0.130 e. The van der Waals surface area contributed by atoms with Crippen LogP contribution in [0.1, 0.15) is 5.56 Å². The van der Waals surface area contributed by atoms with E-state index in [2.05, 4.69) is 4.98 Å². The van der Waals surface area contributed by atoms with Crippen LogP contribution < -0.4 is 5.73 Å². The molecule has 3 nitrogen and oxygen atoms in total. The van der Waals surface area contributed by atoms with Gasteiger partial charge in [-0.3, -0.25) is 0 Å². The quantitative estimate of drug-likeness (QED) is 0.706. The predicted octanol–water partition coefficient (Wildman–Crippen LogP) is 2.05. The van der Waals surface area contributed by atoms with E-state index in [1.54, 1.807) is 24.3 Å². The SMILES string of the molecule is NCc1cc(Cl)nc2ccc(O)cc12. The number of hydrogen-bond donors (Lipinski definition) is 2. The average Bonchev–Trinajstić information content (AvgIpc) is 2.17. The van der Waals surface area contributed by atoms with Crippen molar-refractivity contribution in [3.63, 3.8) is 0 Å². The third-order valence-corrected chi connectivity index (χ3v) is 2.26. The predicted molar refractivity (Wildman–Crippen MR) is 56.3 cm³/mol. The second-order valence-electron chi connectivity index (χ2n) is 3.01. The Balaban J connectivity index is 2.81. The Labute approximate surface area is 86.1 Å². The minimum absolute atomic E-state index is 0.205. The van der Waals surface area contributed by atoms with Crippen molar-refractivity contribution < 1.29 is 5.11 Å². The van der Waals surface area contributed by atoms with E-state index in [1.165, 1.54) is 0 Å². The van der Waals surface area contributed by atoms with E-state index >= 15 is 0 Å². The second-order valence-corrected chi connectivity index (χ2v) is 3.40. The molecule has 72 valence electrons. The van der Waals surface area contributed by atoms with Crippen LogP contribution in [0.15, 0.2) is 24.3 Å². The van der Waals surface area contributed by atoms with Gasteiger partial charge in [0.1, 0.15) is 10.9 Å². The number of fused-ring (bicyclic) bond motifs is 1. The molecule has 0 amide bonds. The Morgan fingerprint density at radius 2 is 2.14 bits per heavy atom. The number of nitrogens with zero attached hydrogens (tertiary/aromatic N) is 1. The Kier molecular flexibility index (Phi) is 2.27. The highest BCUT2D eigenvalue weighted by Gasteiger charge is 2.04. The van der Waals surface area contributed by atoms with Gasteiger partial charge in [0.25, 0.3) is 0 Å². The summed E-state index contributed by atoms with van der Waals surface area (Å²) in [6, 6.07) is 6.64. The Morgan fingerprint density at radius 3 is 2.86 bits per heavy atom. The highest BCUT2D eigenvalue weighted by atomic mass is 35.5. The van der Waals surface area contributed by atoms with Crippen LogP contribution in [0.3, 0.4) is 0 Å². The number of aromatic nitrogens is 1. The van der Waals surface area contributed by atoms with Crippen molar-refractivity contribution in [1.29, 1.82) is 0 Å². The molecule has 0 saturated carbocycles. The highest BCUT2D eigenvalue weighted by Crippen LogP contribution is 2.24. The zero-order chi connectivity index (χ0) is 10.1. The number of rotatable bonds is 1. The number of phenolic OH excluding ortho intramolecular Hbond substituents is 1. The number of aromatic hydroxyl groups is 1. The summed E-state index contributed by atoms with van der Waals surface area (Å²) in [6.45, 7) is 0.377. The largest absolute Gasteiger partial charge is 0.508 e. The van der Waals surface area contributed by atoms with Crippen molar-refractivity contribution >= 4 is 22.5 Å². The molecule has 2 aromatic rings. The molecule has 0 saturated heterocycles. The topological polar surface area (TPSA) is 59.1 Å². The third-order valence-electron chi connectivity index (χ3n) is 2.07. The summed E-state index contributed by atoms with van der Waals surface area (Å²) in [5.41, 5.74) is 7.20. The lowest BCUT2D eigenvalue weighted by Crippen LogP contribution is -1.98. The number of benzene rings is 1. The van der Waals surface area contributed by atoms with Crippen LogP contribution in [0.25, 0.3) is 10.9 Å². The molecule has 1 aromatic carbocycles. The number of nitrogens with two attached hydrogens (primary N) is 1. The van der Waals surface area contributed by atoms with Crippen LogP contribution in [-0.2, 0) is 6.54 Å². The summed E-state index contributed by atoms with van der Waals surface area (Å²) in [7, 11) is 0. The first kappa shape index (κ1) is 9.24. The number of halogens is 1. The summed E-state index contributed by atoms with van der Waals surface area (Å²) in [4.78, 5) is 4.12. The maximum absolute atomic E-state index is 9.32. The zero-order valence-corrected chi connectivity index (χ0v) is 8.12. The smallest absolute Gasteiger partial charge is 0.130 e. The van der Waals surface area contributed by atoms with Crippen LogP contribution in [-0.4, -0.2) is 10.1 Å². The maximum atomic E-state index is 9.32. The summed E-state index contributed by atoms with van der Waals surface area (Å²) in [6.07, 6.45) is 0. The molecule has 0 spiro atoms. The third kappa shape index (κ3) is 1.52. The summed E-state index contributed by atoms with van der Waals surface area (Å²) >= 11 is 5.81. The molecule has 0 atom stereocenters. The first-order valence-corrected chi connectivity index (χ1v) is 4.56. The minimum Gasteiger partial charge on any atom is -0.508 e. The van der Waals surface area contributed by atoms with Crippen LogP contribution in [0.5, 0.6) is 5.75 Å². The lowest BCUT2D eigenvalue weighted by Gasteiger charge is -2.04. The van der Waals surface area contributed by atoms with Crippen molar-refractivity contribution in [2.24, 2.45) is 5.73 Å². The van der Waals surface area contributed by atoms with Crippen molar-refractivity contribution in [2.75, 3.05) is 0 Å². The average molecular weight is 209 g/mol. The molecule has 0 fully saturated rings. The van der Waals surface area contributed by atoms with Gasteiger partial charge in [-0.25, -0.2) is 4.98 Å². The van der Waals surface area contributed by atoms with Gasteiger partial charge in [0.2, 0.25) is 0 Å². The van der Waals surface area contributed by atoms with Gasteiger partial charge in [0.05, 0.1) is 5.52 Å². The molecule has 0 aliphatic heterocycles. The van der Waals surface area contributed by atoms with Crippen molar-refractivity contribution in [2.45, 2.75) is 6.54 Å². The lowest BCUT2D eigenvalue weighted by atomic mass is 10.1. The van der Waals surface area contributed by atoms with E-state index < -0.39 is 0 Å². The fraction of sp³-hybridized carbons (Fsp3) is 0.100. The molecule has 1 aromatic heterocycles. The second kappa shape index (κ2) is 3.44. The Morgan fingerprint density at radius 1 is 1.36 bits per heavy atom. The molecule has 3 N–H and O–H groups in total. The molecule has 0 unspecified atom stereocenters. The fourth-order valence-corrected chi connectivity index (χ4v) is 1.64. The van der Waals surface area contributed by atoms with Gasteiger partial charge in [0.15, 0.2) is 0 Å². The molecule has 0 bridgehead atoms. The summed E-state index contributed by atoms with van der Waals surface area (Å²) in [5.74, 6) is 0.205. The van der Waals surface area contributed by atoms with Crippen molar-refractivity contribution in [3.05, 3.63) is 35.0 Å². The Bertz CT molecular complexity index is 485. The van der Waals surface area contributed by atoms with Crippen LogP contribution >= 0.6 is 11.6 Å². The number of pyridine rings is 1. The summed E-state index contributed by atoms with van der Waals surface area (Å²) in [5, 5.41) is 10.6. The molecular formula is C10H9ClN2O. The molecule has 0 radical (unpaired) electrons. The molecular weight excluding hydrogens is 200 g/mol. The van der Waals surface area contributed by atoms with Gasteiger partial charge in [-0.2, -0.15) is 0 Å². The summed E-state index contributed by atoms with van der Waals surface area (Å²) < 4.78 is 0. The minimum atomic E-state index is 0.205. The van der Waals surface area contributed by atoms with Crippen molar-refractivity contribution in [3.8, 4) is 5.75 Å². The van der Waals surface area contributed by atoms with Gasteiger partial charge in [-0.1, -0.05) is 11.6 Å². The molecule has 1 heterocycles. The molecule has 0 aliphatic rings. The first-order valence-electron chi connectivity index (χ1n) is 4.19. The van der Waals surface area contributed by atoms with Crippen molar-refractivity contribution in [1.82, 2.24) is 4.98 Å². The molecule has 0 aliphatic carbocycles. The van der Waals surface area contributed by atoms with Crippen LogP contribution in [0, 0.1) is 0 Å². The van der Waals surface area contributed by atoms with Crippen LogP contribution in [0.2, 0.25) is 5.15 Å². The van der Waals surface area contributed by atoms with E-state index in [9.17, 15) is 5.11 Å². The van der Waals surface area contributed by atoms with Gasteiger partial charge >= 0.3 is 0 Å². The standard InChI is InChI=1S/C10H9ClN2O/c11-10-3-6(5-12)8-4-7(14)1-2-9(8)13-10/h1-4,14H,5,12H2. The monoisotopic (exact) mass is 208 g/mol. The van der Waals surface area contributed by atoms with E-state index in [0.29, 0.717) is 11.7 Å². The molecule has 2 rings (SSSR count).